The predicted molar refractivity (Wildman–Crippen MR) is 93.0 cm³/mol. The molecule has 0 aromatic heterocycles. The van der Waals surface area contributed by atoms with Crippen LogP contribution in [-0.4, -0.2) is 62.7 Å². The Balaban J connectivity index is 1.46. The van der Waals surface area contributed by atoms with Gasteiger partial charge in [-0.2, -0.15) is 0 Å². The molecule has 0 unspecified atom stereocenters. The van der Waals surface area contributed by atoms with Crippen molar-refractivity contribution >= 4 is 11.8 Å². The van der Waals surface area contributed by atoms with Crippen LogP contribution in [0.25, 0.3) is 0 Å². The number of hydrogen-bond donors (Lipinski definition) is 2. The molecule has 1 saturated carbocycles. The van der Waals surface area contributed by atoms with Gasteiger partial charge in [-0.25, -0.2) is 0 Å². The second-order valence-electron chi connectivity index (χ2n) is 6.53. The maximum atomic E-state index is 12.2. The monoisotopic (exact) mass is 347 g/mol. The highest BCUT2D eigenvalue weighted by Gasteiger charge is 2.34. The molecule has 2 fully saturated rings. The van der Waals surface area contributed by atoms with Crippen LogP contribution >= 0.6 is 0 Å². The van der Waals surface area contributed by atoms with Crippen molar-refractivity contribution in [1.29, 1.82) is 0 Å². The number of likely N-dealkylation sites (tertiary alicyclic amines) is 1. The summed E-state index contributed by atoms with van der Waals surface area (Å²) < 4.78 is 10.3. The number of rotatable bonds is 7. The molecular formula is C18H25N3O4. The molecule has 1 heterocycles. The second kappa shape index (κ2) is 7.74. The first-order chi connectivity index (χ1) is 12.1. The van der Waals surface area contributed by atoms with Gasteiger partial charge in [0.2, 0.25) is 5.91 Å². The first-order valence-electron chi connectivity index (χ1n) is 8.64. The van der Waals surface area contributed by atoms with Gasteiger partial charge in [-0.15, -0.1) is 0 Å². The third-order valence-corrected chi connectivity index (χ3v) is 4.70. The van der Waals surface area contributed by atoms with Crippen LogP contribution in [-0.2, 0) is 4.79 Å². The van der Waals surface area contributed by atoms with E-state index in [-0.39, 0.29) is 24.4 Å². The number of nitrogens with one attached hydrogen (secondary N) is 2. The largest absolute Gasteiger partial charge is 0.493 e. The molecule has 0 spiro atoms. The van der Waals surface area contributed by atoms with E-state index >= 15 is 0 Å². The van der Waals surface area contributed by atoms with Crippen LogP contribution in [0.4, 0.5) is 0 Å². The molecule has 1 aliphatic heterocycles. The Labute approximate surface area is 147 Å². The Morgan fingerprint density at radius 1 is 1.16 bits per heavy atom. The van der Waals surface area contributed by atoms with Crippen LogP contribution in [0.3, 0.4) is 0 Å². The summed E-state index contributed by atoms with van der Waals surface area (Å²) in [4.78, 5) is 26.7. The summed E-state index contributed by atoms with van der Waals surface area (Å²) in [6.45, 7) is 1.93. The van der Waals surface area contributed by atoms with Crippen molar-refractivity contribution < 1.29 is 19.1 Å². The van der Waals surface area contributed by atoms with E-state index in [1.807, 2.05) is 0 Å². The van der Waals surface area contributed by atoms with Crippen LogP contribution < -0.4 is 20.1 Å². The highest BCUT2D eigenvalue weighted by molar-refractivity contribution is 5.97. The van der Waals surface area contributed by atoms with Crippen molar-refractivity contribution in [3.05, 3.63) is 23.8 Å². The Kier molecular flexibility index (Phi) is 5.43. The lowest BCUT2D eigenvalue weighted by molar-refractivity contribution is -0.120. The van der Waals surface area contributed by atoms with Crippen molar-refractivity contribution in [2.45, 2.75) is 31.3 Å². The van der Waals surface area contributed by atoms with Crippen molar-refractivity contribution in [3.8, 4) is 11.5 Å². The number of carbonyl (C=O) groups excluding carboxylic acids is 2. The Morgan fingerprint density at radius 2 is 1.92 bits per heavy atom. The van der Waals surface area contributed by atoms with Gasteiger partial charge >= 0.3 is 0 Å². The van der Waals surface area contributed by atoms with E-state index in [0.717, 1.165) is 25.6 Å². The number of carbonyl (C=O) groups is 2. The maximum Gasteiger partial charge on any atom is 0.251 e. The average Bonchev–Trinajstić information content (AvgIpc) is 3.38. The first kappa shape index (κ1) is 17.5. The van der Waals surface area contributed by atoms with Crippen molar-refractivity contribution in [1.82, 2.24) is 15.5 Å². The minimum atomic E-state index is -0.317. The van der Waals surface area contributed by atoms with Crippen LogP contribution in [0.2, 0.25) is 0 Å². The summed E-state index contributed by atoms with van der Waals surface area (Å²) in [7, 11) is 3.05. The predicted octanol–water partition coefficient (Wildman–Crippen LogP) is 0.787. The van der Waals surface area contributed by atoms with Crippen LogP contribution in [0.1, 0.15) is 29.6 Å². The summed E-state index contributed by atoms with van der Waals surface area (Å²) in [5.41, 5.74) is 0.422. The second-order valence-corrected chi connectivity index (χ2v) is 6.53. The van der Waals surface area contributed by atoms with E-state index < -0.39 is 0 Å². The van der Waals surface area contributed by atoms with Crippen LogP contribution in [0.5, 0.6) is 11.5 Å². The zero-order chi connectivity index (χ0) is 17.8. The molecule has 136 valence electrons. The number of ether oxygens (including phenoxy) is 2. The molecule has 1 aromatic carbocycles. The average molecular weight is 347 g/mol. The van der Waals surface area contributed by atoms with Gasteiger partial charge < -0.3 is 20.1 Å². The van der Waals surface area contributed by atoms with E-state index in [1.54, 1.807) is 18.2 Å². The molecule has 1 aliphatic carbocycles. The number of amides is 2. The zero-order valence-corrected chi connectivity index (χ0v) is 14.7. The van der Waals surface area contributed by atoms with E-state index in [4.69, 9.17) is 9.47 Å². The molecule has 3 rings (SSSR count). The number of hydrogen-bond acceptors (Lipinski definition) is 5. The van der Waals surface area contributed by atoms with Gasteiger partial charge in [0.05, 0.1) is 20.8 Å². The summed E-state index contributed by atoms with van der Waals surface area (Å²) in [5, 5.41) is 5.65. The normalized spacial score (nSPS) is 20.2. The molecule has 1 saturated heterocycles. The quantitative estimate of drug-likeness (QED) is 0.762. The molecule has 1 atom stereocenters. The van der Waals surface area contributed by atoms with Gasteiger partial charge in [0, 0.05) is 30.7 Å². The summed E-state index contributed by atoms with van der Waals surface area (Å²) >= 11 is 0. The molecule has 1 aromatic rings. The van der Waals surface area contributed by atoms with Gasteiger partial charge in [-0.05, 0) is 37.5 Å². The first-order valence-corrected chi connectivity index (χ1v) is 8.64. The van der Waals surface area contributed by atoms with Gasteiger partial charge in [0.15, 0.2) is 11.5 Å². The van der Waals surface area contributed by atoms with Crippen molar-refractivity contribution in [3.63, 3.8) is 0 Å². The fourth-order valence-corrected chi connectivity index (χ4v) is 3.20. The lowest BCUT2D eigenvalue weighted by atomic mass is 10.2. The summed E-state index contributed by atoms with van der Waals surface area (Å²) in [6.07, 6.45) is 3.54. The molecule has 7 nitrogen and oxygen atoms in total. The van der Waals surface area contributed by atoms with E-state index in [2.05, 4.69) is 15.5 Å². The SMILES string of the molecule is COc1ccc(C(=O)NCC(=O)N[C@H]2CCN(C3CC3)C2)cc1OC. The summed E-state index contributed by atoms with van der Waals surface area (Å²) in [5.74, 6) is 0.558. The number of benzene rings is 1. The smallest absolute Gasteiger partial charge is 0.251 e. The Hall–Kier alpha value is -2.28. The minimum Gasteiger partial charge on any atom is -0.493 e. The number of nitrogens with zero attached hydrogens (tertiary/aromatic N) is 1. The Bertz CT molecular complexity index is 645. The third kappa shape index (κ3) is 4.42. The number of methoxy groups -OCH3 is 2. The van der Waals surface area contributed by atoms with E-state index in [1.165, 1.54) is 27.1 Å². The molecule has 2 amide bonds. The lowest BCUT2D eigenvalue weighted by Crippen LogP contribution is -2.43. The van der Waals surface area contributed by atoms with Crippen molar-refractivity contribution in [2.75, 3.05) is 33.9 Å². The molecule has 2 aliphatic rings. The minimum absolute atomic E-state index is 0.0346. The summed E-state index contributed by atoms with van der Waals surface area (Å²) in [6, 6.07) is 5.81. The van der Waals surface area contributed by atoms with E-state index in [0.29, 0.717) is 17.1 Å². The van der Waals surface area contributed by atoms with Crippen LogP contribution in [0.15, 0.2) is 18.2 Å². The molecule has 0 radical (unpaired) electrons. The Morgan fingerprint density at radius 3 is 2.60 bits per heavy atom. The van der Waals surface area contributed by atoms with Gasteiger partial charge in [-0.3, -0.25) is 14.5 Å². The lowest BCUT2D eigenvalue weighted by Gasteiger charge is -2.16. The third-order valence-electron chi connectivity index (χ3n) is 4.70. The van der Waals surface area contributed by atoms with Gasteiger partial charge in [-0.1, -0.05) is 0 Å². The topological polar surface area (TPSA) is 79.9 Å². The zero-order valence-electron chi connectivity index (χ0n) is 14.7. The van der Waals surface area contributed by atoms with Gasteiger partial charge in [0.1, 0.15) is 0 Å². The molecule has 25 heavy (non-hydrogen) atoms. The van der Waals surface area contributed by atoms with Crippen molar-refractivity contribution in [2.24, 2.45) is 0 Å². The molecule has 0 bridgehead atoms. The fraction of sp³-hybridized carbons (Fsp3) is 0.556. The molecule has 2 N–H and O–H groups in total. The maximum absolute atomic E-state index is 12.2. The van der Waals surface area contributed by atoms with Gasteiger partial charge in [0.25, 0.3) is 5.91 Å². The molecule has 7 heteroatoms. The highest BCUT2D eigenvalue weighted by Crippen LogP contribution is 2.30. The highest BCUT2D eigenvalue weighted by atomic mass is 16.5. The molecular weight excluding hydrogens is 322 g/mol. The standard InChI is InChI=1S/C18H25N3O4/c1-24-15-6-3-12(9-16(15)25-2)18(23)19-10-17(22)20-13-7-8-21(11-13)14-4-5-14/h3,6,9,13-14H,4-5,7-8,10-11H2,1-2H3,(H,19,23)(H,20,22)/t13-/m0/s1. The van der Waals surface area contributed by atoms with Crippen LogP contribution in [0, 0.1) is 0 Å². The van der Waals surface area contributed by atoms with E-state index in [9.17, 15) is 9.59 Å². The fourth-order valence-electron chi connectivity index (χ4n) is 3.20.